The van der Waals surface area contributed by atoms with Gasteiger partial charge in [0.1, 0.15) is 18.2 Å². The molecule has 0 radical (unpaired) electrons. The lowest BCUT2D eigenvalue weighted by Crippen LogP contribution is -2.23. The monoisotopic (exact) mass is 293 g/mol. The number of nitrogen functional groups attached to an aromatic ring is 1. The van der Waals surface area contributed by atoms with E-state index in [1.165, 1.54) is 4.88 Å². The van der Waals surface area contributed by atoms with Gasteiger partial charge in [0, 0.05) is 31.6 Å². The number of likely N-dealkylation sites (N-methyl/N-ethyl adjacent to an activating group) is 1. The molecule has 108 valence electrons. The van der Waals surface area contributed by atoms with E-state index in [0.29, 0.717) is 18.2 Å². The number of methoxy groups -OCH3 is 1. The minimum atomic E-state index is 0.362. The lowest BCUT2D eigenvalue weighted by molar-refractivity contribution is 0.178. The fourth-order valence-corrected chi connectivity index (χ4v) is 2.49. The number of hydrogen-bond acceptors (Lipinski definition) is 7. The Bertz CT molecular complexity index is 532. The Morgan fingerprint density at radius 3 is 2.95 bits per heavy atom. The molecule has 7 heteroatoms. The van der Waals surface area contributed by atoms with E-state index in [-0.39, 0.29) is 0 Å². The summed E-state index contributed by atoms with van der Waals surface area (Å²) >= 11 is 1.77. The highest BCUT2D eigenvalue weighted by Crippen LogP contribution is 2.16. The Kier molecular flexibility index (Phi) is 5.28. The summed E-state index contributed by atoms with van der Waals surface area (Å²) < 4.78 is 5.07. The summed E-state index contributed by atoms with van der Waals surface area (Å²) in [5.41, 5.74) is 2.56. The van der Waals surface area contributed by atoms with E-state index in [0.717, 1.165) is 18.8 Å². The zero-order valence-corrected chi connectivity index (χ0v) is 12.5. The van der Waals surface area contributed by atoms with Gasteiger partial charge in [0.2, 0.25) is 0 Å². The van der Waals surface area contributed by atoms with Gasteiger partial charge >= 0.3 is 0 Å². The van der Waals surface area contributed by atoms with Crippen molar-refractivity contribution in [2.75, 3.05) is 31.0 Å². The SMILES string of the molecule is COCc1nc(NN)cc(N(C)CCc2cccs2)n1. The molecule has 0 atom stereocenters. The molecule has 2 rings (SSSR count). The second kappa shape index (κ2) is 7.18. The molecular formula is C13H19N5OS. The van der Waals surface area contributed by atoms with E-state index in [1.54, 1.807) is 18.4 Å². The summed E-state index contributed by atoms with van der Waals surface area (Å²) in [7, 11) is 3.62. The molecule has 2 aromatic heterocycles. The Hall–Kier alpha value is -1.70. The predicted molar refractivity (Wildman–Crippen MR) is 81.8 cm³/mol. The first-order chi connectivity index (χ1) is 9.72. The van der Waals surface area contributed by atoms with E-state index < -0.39 is 0 Å². The maximum Gasteiger partial charge on any atom is 0.158 e. The van der Waals surface area contributed by atoms with Crippen molar-refractivity contribution in [1.29, 1.82) is 0 Å². The number of thiophene rings is 1. The molecule has 0 bridgehead atoms. The van der Waals surface area contributed by atoms with E-state index in [2.05, 4.69) is 37.8 Å². The molecule has 0 spiro atoms. The van der Waals surface area contributed by atoms with Gasteiger partial charge in [-0.15, -0.1) is 11.3 Å². The van der Waals surface area contributed by atoms with Crippen LogP contribution in [0.3, 0.4) is 0 Å². The molecule has 0 aromatic carbocycles. The highest BCUT2D eigenvalue weighted by atomic mass is 32.1. The van der Waals surface area contributed by atoms with Crippen LogP contribution in [0.25, 0.3) is 0 Å². The standard InChI is InChI=1S/C13H19N5OS/c1-18(6-5-10-4-3-7-20-10)13-8-11(17-14)15-12(16-13)9-19-2/h3-4,7-8H,5-6,9,14H2,1-2H3,(H,15,16,17). The number of hydrogen-bond donors (Lipinski definition) is 2. The minimum absolute atomic E-state index is 0.362. The van der Waals surface area contributed by atoms with Crippen LogP contribution in [0.4, 0.5) is 11.6 Å². The van der Waals surface area contributed by atoms with Crippen molar-refractivity contribution in [3.05, 3.63) is 34.3 Å². The number of hydrazine groups is 1. The summed E-state index contributed by atoms with van der Waals surface area (Å²) in [6, 6.07) is 6.03. The van der Waals surface area contributed by atoms with Gasteiger partial charge in [0.25, 0.3) is 0 Å². The predicted octanol–water partition coefficient (Wildman–Crippen LogP) is 1.65. The fourth-order valence-electron chi connectivity index (χ4n) is 1.79. The highest BCUT2D eigenvalue weighted by Gasteiger charge is 2.08. The molecule has 2 heterocycles. The lowest BCUT2D eigenvalue weighted by Gasteiger charge is -2.19. The van der Waals surface area contributed by atoms with Crippen LogP contribution >= 0.6 is 11.3 Å². The van der Waals surface area contributed by atoms with Crippen molar-refractivity contribution in [1.82, 2.24) is 9.97 Å². The van der Waals surface area contributed by atoms with E-state index in [4.69, 9.17) is 10.6 Å². The second-order valence-electron chi connectivity index (χ2n) is 4.36. The Labute approximate surface area is 122 Å². The van der Waals surface area contributed by atoms with Crippen LogP contribution in [0, 0.1) is 0 Å². The largest absolute Gasteiger partial charge is 0.377 e. The zero-order chi connectivity index (χ0) is 14.4. The van der Waals surface area contributed by atoms with Crippen LogP contribution < -0.4 is 16.2 Å². The van der Waals surface area contributed by atoms with E-state index in [1.807, 2.05) is 13.1 Å². The first-order valence-corrected chi connectivity index (χ1v) is 7.18. The van der Waals surface area contributed by atoms with Crippen LogP contribution in [0.5, 0.6) is 0 Å². The van der Waals surface area contributed by atoms with Crippen molar-refractivity contribution < 1.29 is 4.74 Å². The minimum Gasteiger partial charge on any atom is -0.377 e. The summed E-state index contributed by atoms with van der Waals surface area (Å²) in [5.74, 6) is 7.47. The number of nitrogens with one attached hydrogen (secondary N) is 1. The maximum absolute atomic E-state index is 5.44. The molecule has 0 unspecified atom stereocenters. The molecule has 20 heavy (non-hydrogen) atoms. The number of rotatable bonds is 7. The Morgan fingerprint density at radius 2 is 2.30 bits per heavy atom. The molecule has 0 saturated heterocycles. The maximum atomic E-state index is 5.44. The van der Waals surface area contributed by atoms with E-state index in [9.17, 15) is 0 Å². The van der Waals surface area contributed by atoms with Crippen LogP contribution in [0.15, 0.2) is 23.6 Å². The molecule has 2 aromatic rings. The topological polar surface area (TPSA) is 76.3 Å². The number of aromatic nitrogens is 2. The average molecular weight is 293 g/mol. The van der Waals surface area contributed by atoms with Crippen molar-refractivity contribution in [3.8, 4) is 0 Å². The summed E-state index contributed by atoms with van der Waals surface area (Å²) in [4.78, 5) is 12.2. The van der Waals surface area contributed by atoms with Crippen molar-refractivity contribution in [2.45, 2.75) is 13.0 Å². The molecule has 6 nitrogen and oxygen atoms in total. The summed E-state index contributed by atoms with van der Waals surface area (Å²) in [5, 5.41) is 2.09. The Morgan fingerprint density at radius 1 is 1.45 bits per heavy atom. The molecule has 0 fully saturated rings. The van der Waals surface area contributed by atoms with Gasteiger partial charge in [-0.05, 0) is 17.9 Å². The fraction of sp³-hybridized carbons (Fsp3) is 0.385. The summed E-state index contributed by atoms with van der Waals surface area (Å²) in [6.45, 7) is 1.25. The van der Waals surface area contributed by atoms with Crippen LogP contribution in [-0.2, 0) is 17.8 Å². The molecular weight excluding hydrogens is 274 g/mol. The quantitative estimate of drug-likeness (QED) is 0.597. The van der Waals surface area contributed by atoms with Crippen LogP contribution in [0.2, 0.25) is 0 Å². The highest BCUT2D eigenvalue weighted by molar-refractivity contribution is 7.09. The summed E-state index contributed by atoms with van der Waals surface area (Å²) in [6.07, 6.45) is 0.989. The molecule has 3 N–H and O–H groups in total. The molecule has 0 aliphatic carbocycles. The third kappa shape index (κ3) is 3.89. The van der Waals surface area contributed by atoms with Crippen molar-refractivity contribution in [3.63, 3.8) is 0 Å². The van der Waals surface area contributed by atoms with Gasteiger partial charge in [0.15, 0.2) is 5.82 Å². The van der Waals surface area contributed by atoms with Crippen molar-refractivity contribution >= 4 is 23.0 Å². The van der Waals surface area contributed by atoms with E-state index >= 15 is 0 Å². The van der Waals surface area contributed by atoms with Crippen molar-refractivity contribution in [2.24, 2.45) is 5.84 Å². The van der Waals surface area contributed by atoms with Gasteiger partial charge in [-0.2, -0.15) is 0 Å². The number of nitrogens with zero attached hydrogens (tertiary/aromatic N) is 3. The first kappa shape index (κ1) is 14.7. The molecule has 0 aliphatic heterocycles. The third-order valence-corrected chi connectivity index (χ3v) is 3.78. The van der Waals surface area contributed by atoms with Gasteiger partial charge in [0.05, 0.1) is 0 Å². The lowest BCUT2D eigenvalue weighted by atomic mass is 10.3. The first-order valence-electron chi connectivity index (χ1n) is 6.30. The van der Waals surface area contributed by atoms with Gasteiger partial charge in [-0.25, -0.2) is 15.8 Å². The second-order valence-corrected chi connectivity index (χ2v) is 5.39. The smallest absolute Gasteiger partial charge is 0.158 e. The van der Waals surface area contributed by atoms with Crippen LogP contribution in [-0.4, -0.2) is 30.7 Å². The third-order valence-electron chi connectivity index (χ3n) is 2.85. The van der Waals surface area contributed by atoms with Crippen LogP contribution in [0.1, 0.15) is 10.7 Å². The Balaban J connectivity index is 2.07. The zero-order valence-electron chi connectivity index (χ0n) is 11.7. The number of anilines is 2. The normalized spacial score (nSPS) is 10.6. The van der Waals surface area contributed by atoms with Gasteiger partial charge < -0.3 is 15.1 Å². The van der Waals surface area contributed by atoms with Gasteiger partial charge in [-0.3, -0.25) is 0 Å². The number of nitrogens with two attached hydrogens (primary N) is 1. The molecule has 0 aliphatic rings. The van der Waals surface area contributed by atoms with Gasteiger partial charge in [-0.1, -0.05) is 6.07 Å². The molecule has 0 amide bonds. The number of ether oxygens (including phenoxy) is 1. The molecule has 0 saturated carbocycles. The average Bonchev–Trinajstić information content (AvgIpc) is 2.98.